The maximum atomic E-state index is 13.4. The van der Waals surface area contributed by atoms with Crippen molar-refractivity contribution < 1.29 is 25.2 Å². The Kier molecular flexibility index (Phi) is 6.82. The third-order valence-corrected chi connectivity index (χ3v) is 10.2. The summed E-state index contributed by atoms with van der Waals surface area (Å²) in [5.41, 5.74) is 1.41. The van der Waals surface area contributed by atoms with E-state index in [1.807, 2.05) is 60.7 Å². The van der Waals surface area contributed by atoms with Crippen LogP contribution in [0.15, 0.2) is 137 Å². The molecule has 1 aliphatic rings. The van der Waals surface area contributed by atoms with Crippen LogP contribution in [0.4, 0.5) is 0 Å². The highest BCUT2D eigenvalue weighted by Gasteiger charge is 2.31. The van der Waals surface area contributed by atoms with Gasteiger partial charge in [-0.1, -0.05) is 72.8 Å². The Morgan fingerprint density at radius 1 is 0.478 bits per heavy atom. The minimum absolute atomic E-state index is 0.112. The minimum atomic E-state index is -4.34. The van der Waals surface area contributed by atoms with Crippen molar-refractivity contribution in [3.63, 3.8) is 0 Å². The van der Waals surface area contributed by atoms with E-state index in [1.54, 1.807) is 48.5 Å². The molecular formula is C36H20N2O6S2. The smallest absolute Gasteiger partial charge is 0.339 e. The van der Waals surface area contributed by atoms with E-state index >= 15 is 0 Å². The van der Waals surface area contributed by atoms with Gasteiger partial charge in [-0.05, 0) is 92.3 Å². The van der Waals surface area contributed by atoms with Crippen molar-refractivity contribution >= 4 is 47.4 Å². The van der Waals surface area contributed by atoms with Gasteiger partial charge in [0.2, 0.25) is 0 Å². The van der Waals surface area contributed by atoms with E-state index in [-0.39, 0.29) is 43.6 Å². The molecule has 222 valence electrons. The van der Waals surface area contributed by atoms with Crippen LogP contribution in [0.3, 0.4) is 0 Å². The fourth-order valence-electron chi connectivity index (χ4n) is 5.58. The Bertz CT molecular complexity index is 2420. The standard InChI is InChI=1S/C36H20N2O6S2/c37-21-27(22-38)36-34-19-30(45(39,40)43-28-11-9-23-5-1-3-7-25(23)17-28)13-15-32(34)33-16-14-31(20-35(33)36)46(41,42)44-29-12-10-24-6-2-4-8-26(24)18-29/h1-20H. The predicted molar refractivity (Wildman–Crippen MR) is 173 cm³/mol. The van der Waals surface area contributed by atoms with Crippen LogP contribution in [0.5, 0.6) is 11.5 Å². The molecule has 0 radical (unpaired) electrons. The molecule has 6 aromatic carbocycles. The molecule has 0 atom stereocenters. The number of hydrogen-bond donors (Lipinski definition) is 0. The van der Waals surface area contributed by atoms with Crippen molar-refractivity contribution in [2.24, 2.45) is 0 Å². The number of allylic oxidation sites excluding steroid dienone is 1. The van der Waals surface area contributed by atoms with Crippen LogP contribution in [0, 0.1) is 22.7 Å². The molecule has 6 aromatic rings. The molecule has 0 bridgehead atoms. The highest BCUT2D eigenvalue weighted by Crippen LogP contribution is 2.47. The second-order valence-corrected chi connectivity index (χ2v) is 13.6. The van der Waals surface area contributed by atoms with E-state index in [4.69, 9.17) is 8.37 Å². The zero-order valence-corrected chi connectivity index (χ0v) is 25.3. The maximum absolute atomic E-state index is 13.4. The monoisotopic (exact) mass is 640 g/mol. The fraction of sp³-hybridized carbons (Fsp3) is 0. The molecule has 0 aliphatic heterocycles. The van der Waals surface area contributed by atoms with Crippen LogP contribution < -0.4 is 8.37 Å². The number of benzene rings is 6. The summed E-state index contributed by atoms with van der Waals surface area (Å²) in [6, 6.07) is 37.0. The largest absolute Gasteiger partial charge is 0.379 e. The van der Waals surface area contributed by atoms with Gasteiger partial charge in [0.15, 0.2) is 0 Å². The Labute approximate surface area is 264 Å². The summed E-state index contributed by atoms with van der Waals surface area (Å²) in [7, 11) is -8.68. The zero-order valence-electron chi connectivity index (χ0n) is 23.7. The summed E-state index contributed by atoms with van der Waals surface area (Å²) in [4.78, 5) is -0.403. The summed E-state index contributed by atoms with van der Waals surface area (Å²) in [5.74, 6) is 0.239. The van der Waals surface area contributed by atoms with Crippen LogP contribution in [-0.2, 0) is 20.2 Å². The first kappa shape index (κ1) is 28.8. The van der Waals surface area contributed by atoms with Crippen LogP contribution in [0.25, 0.3) is 38.2 Å². The first-order valence-corrected chi connectivity index (χ1v) is 16.7. The Morgan fingerprint density at radius 2 is 0.891 bits per heavy atom. The normalized spacial score (nSPS) is 12.2. The van der Waals surface area contributed by atoms with Crippen molar-refractivity contribution in [3.8, 4) is 34.8 Å². The molecule has 0 fully saturated rings. The van der Waals surface area contributed by atoms with Crippen LogP contribution in [-0.4, -0.2) is 16.8 Å². The topological polar surface area (TPSA) is 134 Å². The summed E-state index contributed by atoms with van der Waals surface area (Å²) < 4.78 is 64.5. The van der Waals surface area contributed by atoms with Crippen molar-refractivity contribution in [3.05, 3.63) is 138 Å². The summed E-state index contributed by atoms with van der Waals surface area (Å²) in [5, 5.41) is 23.1. The van der Waals surface area contributed by atoms with Crippen molar-refractivity contribution in [2.45, 2.75) is 9.79 Å². The zero-order chi connectivity index (χ0) is 32.1. The second kappa shape index (κ2) is 10.9. The van der Waals surface area contributed by atoms with E-state index in [9.17, 15) is 27.4 Å². The minimum Gasteiger partial charge on any atom is -0.379 e. The number of fused-ring (bicyclic) bond motifs is 5. The SMILES string of the molecule is N#CC(C#N)=C1c2cc(S(=O)(=O)Oc3ccc4ccccc4c3)ccc2-c2ccc(S(=O)(=O)Oc3ccc4ccccc4c3)cc21. The van der Waals surface area contributed by atoms with E-state index in [1.165, 1.54) is 24.3 Å². The molecule has 0 amide bonds. The number of rotatable bonds is 6. The molecule has 0 aromatic heterocycles. The Hall–Kier alpha value is -5.94. The Morgan fingerprint density at radius 3 is 1.30 bits per heavy atom. The first-order valence-electron chi connectivity index (χ1n) is 13.9. The molecule has 8 nitrogen and oxygen atoms in total. The molecule has 0 spiro atoms. The lowest BCUT2D eigenvalue weighted by Gasteiger charge is -2.10. The van der Waals surface area contributed by atoms with Crippen molar-refractivity contribution in [1.29, 1.82) is 10.5 Å². The average molecular weight is 641 g/mol. The molecule has 0 unspecified atom stereocenters. The molecule has 7 rings (SSSR count). The van der Waals surface area contributed by atoms with Gasteiger partial charge in [0.05, 0.1) is 0 Å². The van der Waals surface area contributed by atoms with Crippen LogP contribution >= 0.6 is 0 Å². The average Bonchev–Trinajstić information content (AvgIpc) is 3.38. The molecule has 0 saturated heterocycles. The lowest BCUT2D eigenvalue weighted by atomic mass is 9.99. The number of nitriles is 2. The lowest BCUT2D eigenvalue weighted by molar-refractivity contribution is 0.484. The van der Waals surface area contributed by atoms with E-state index in [0.717, 1.165) is 21.5 Å². The third kappa shape index (κ3) is 5.02. The van der Waals surface area contributed by atoms with E-state index < -0.39 is 20.2 Å². The van der Waals surface area contributed by atoms with Crippen molar-refractivity contribution in [1.82, 2.24) is 0 Å². The van der Waals surface area contributed by atoms with E-state index in [2.05, 4.69) is 0 Å². The highest BCUT2D eigenvalue weighted by molar-refractivity contribution is 7.87. The lowest BCUT2D eigenvalue weighted by Crippen LogP contribution is -2.10. The fourth-order valence-corrected chi connectivity index (χ4v) is 7.48. The summed E-state index contributed by atoms with van der Waals surface area (Å²) in [6.45, 7) is 0. The second-order valence-electron chi connectivity index (χ2n) is 10.5. The molecule has 0 N–H and O–H groups in total. The van der Waals surface area contributed by atoms with Gasteiger partial charge < -0.3 is 8.37 Å². The number of nitrogens with zero attached hydrogens (tertiary/aromatic N) is 2. The van der Waals surface area contributed by atoms with E-state index in [0.29, 0.717) is 11.1 Å². The van der Waals surface area contributed by atoms with Gasteiger partial charge >= 0.3 is 20.2 Å². The van der Waals surface area contributed by atoms with Gasteiger partial charge in [-0.3, -0.25) is 0 Å². The predicted octanol–water partition coefficient (Wildman–Crippen LogP) is 7.36. The maximum Gasteiger partial charge on any atom is 0.339 e. The van der Waals surface area contributed by atoms with Gasteiger partial charge in [-0.15, -0.1) is 0 Å². The van der Waals surface area contributed by atoms with Crippen molar-refractivity contribution in [2.75, 3.05) is 0 Å². The molecule has 0 heterocycles. The van der Waals surface area contributed by atoms with Gasteiger partial charge in [0, 0.05) is 5.57 Å². The molecular weight excluding hydrogens is 621 g/mol. The molecule has 1 aliphatic carbocycles. The van der Waals surface area contributed by atoms with Crippen LogP contribution in [0.1, 0.15) is 11.1 Å². The highest BCUT2D eigenvalue weighted by atomic mass is 32.2. The summed E-state index contributed by atoms with van der Waals surface area (Å²) >= 11 is 0. The first-order chi connectivity index (χ1) is 22.2. The van der Waals surface area contributed by atoms with Gasteiger partial charge in [0.25, 0.3) is 0 Å². The quantitative estimate of drug-likeness (QED) is 0.136. The number of hydrogen-bond acceptors (Lipinski definition) is 8. The summed E-state index contributed by atoms with van der Waals surface area (Å²) in [6.07, 6.45) is 0. The molecule has 0 saturated carbocycles. The third-order valence-electron chi connectivity index (χ3n) is 7.72. The van der Waals surface area contributed by atoms with Crippen LogP contribution in [0.2, 0.25) is 0 Å². The van der Waals surface area contributed by atoms with Gasteiger partial charge in [0.1, 0.15) is 39.0 Å². The van der Waals surface area contributed by atoms with Gasteiger partial charge in [-0.25, -0.2) is 0 Å². The Balaban J connectivity index is 1.27. The molecule has 10 heteroatoms. The molecule has 46 heavy (non-hydrogen) atoms. The van der Waals surface area contributed by atoms with Gasteiger partial charge in [-0.2, -0.15) is 27.4 Å².